The first-order chi connectivity index (χ1) is 18.4. The van der Waals surface area contributed by atoms with Crippen molar-refractivity contribution >= 4 is 40.8 Å². The number of nitrogens with one attached hydrogen (secondary N) is 2. The summed E-state index contributed by atoms with van der Waals surface area (Å²) < 4.78 is 15.0. The van der Waals surface area contributed by atoms with E-state index in [1.807, 2.05) is 0 Å². The number of hydrogen-bond donors (Lipinski definition) is 2. The first-order valence-corrected chi connectivity index (χ1v) is 15.5. The summed E-state index contributed by atoms with van der Waals surface area (Å²) in [6.45, 7) is 0.941. The van der Waals surface area contributed by atoms with Crippen molar-refractivity contribution in [1.29, 1.82) is 0 Å². The van der Waals surface area contributed by atoms with Gasteiger partial charge in [-0.25, -0.2) is 9.37 Å². The predicted molar refractivity (Wildman–Crippen MR) is 142 cm³/mol. The summed E-state index contributed by atoms with van der Waals surface area (Å²) >= 11 is 2.95. The van der Waals surface area contributed by atoms with Crippen molar-refractivity contribution in [1.82, 2.24) is 20.5 Å². The summed E-state index contributed by atoms with van der Waals surface area (Å²) in [7, 11) is 0. The molecule has 0 spiro atoms. The Hall–Kier alpha value is -2.30. The van der Waals surface area contributed by atoms with Gasteiger partial charge in [-0.15, -0.1) is 23.1 Å². The Labute approximate surface area is 229 Å². The number of fused-ring (bicyclic) bond motifs is 1. The third-order valence-electron chi connectivity index (χ3n) is 9.24. The molecule has 1 saturated heterocycles. The largest absolute Gasteiger partial charge is 0.322 e. The lowest BCUT2D eigenvalue weighted by Gasteiger charge is -2.57. The molecule has 3 heterocycles. The second-order valence-electron chi connectivity index (χ2n) is 11.9. The average molecular weight is 555 g/mol. The van der Waals surface area contributed by atoms with Crippen molar-refractivity contribution in [2.45, 2.75) is 86.7 Å². The highest BCUT2D eigenvalue weighted by Crippen LogP contribution is 2.55. The van der Waals surface area contributed by atoms with E-state index in [0.29, 0.717) is 27.3 Å². The number of halogens is 1. The molecular weight excluding hydrogens is 523 g/mol. The zero-order valence-electron chi connectivity index (χ0n) is 21.1. The van der Waals surface area contributed by atoms with Crippen LogP contribution in [0.25, 0.3) is 0 Å². The maximum atomic E-state index is 15.0. The number of carbonyl (C=O) groups is 3. The fraction of sp³-hybridized carbons (Fsp3) is 0.571. The number of thiazole rings is 1. The molecule has 1 aromatic heterocycles. The van der Waals surface area contributed by atoms with Crippen molar-refractivity contribution in [2.24, 2.45) is 17.8 Å². The smallest absolute Gasteiger partial charge is 0.255 e. The zero-order chi connectivity index (χ0) is 26.0. The molecule has 4 aliphatic carbocycles. The van der Waals surface area contributed by atoms with Crippen LogP contribution in [0.5, 0.6) is 0 Å². The van der Waals surface area contributed by atoms with Gasteiger partial charge in [-0.3, -0.25) is 19.7 Å². The minimum absolute atomic E-state index is 0.165. The highest BCUT2D eigenvalue weighted by Gasteiger charge is 2.50. The summed E-state index contributed by atoms with van der Waals surface area (Å²) in [5, 5.41) is 9.25. The molecule has 4 bridgehead atoms. The summed E-state index contributed by atoms with van der Waals surface area (Å²) in [4.78, 5) is 43.7. The van der Waals surface area contributed by atoms with Crippen LogP contribution in [0.1, 0.15) is 78.0 Å². The van der Waals surface area contributed by atoms with Crippen LogP contribution in [0.4, 0.5) is 4.39 Å². The molecule has 6 aliphatic rings. The van der Waals surface area contributed by atoms with Gasteiger partial charge >= 0.3 is 0 Å². The lowest BCUT2D eigenvalue weighted by Crippen LogP contribution is -2.58. The Kier molecular flexibility index (Phi) is 6.12. The van der Waals surface area contributed by atoms with Gasteiger partial charge in [0.05, 0.1) is 11.4 Å². The Morgan fingerprint density at radius 1 is 1.13 bits per heavy atom. The predicted octanol–water partition coefficient (Wildman–Crippen LogP) is 4.39. The van der Waals surface area contributed by atoms with E-state index in [1.165, 1.54) is 67.3 Å². The summed E-state index contributed by atoms with van der Waals surface area (Å²) in [5.74, 6) is 1.77. The highest BCUT2D eigenvalue weighted by atomic mass is 32.2. The molecule has 2 N–H and O–H groups in total. The summed E-state index contributed by atoms with van der Waals surface area (Å²) in [6.07, 6.45) is 8.67. The second-order valence-corrected chi connectivity index (χ2v) is 13.8. The number of benzene rings is 1. The molecule has 2 aromatic rings. The van der Waals surface area contributed by atoms with E-state index in [2.05, 4.69) is 16.0 Å². The number of carbonyl (C=O) groups excluding carboxylic acids is 3. The second kappa shape index (κ2) is 9.41. The monoisotopic (exact) mass is 554 g/mol. The van der Waals surface area contributed by atoms with Crippen LogP contribution in [0.15, 0.2) is 22.4 Å². The van der Waals surface area contributed by atoms with Crippen LogP contribution >= 0.6 is 23.1 Å². The van der Waals surface area contributed by atoms with E-state index in [1.54, 1.807) is 11.3 Å². The summed E-state index contributed by atoms with van der Waals surface area (Å²) in [5.41, 5.74) is 2.38. The average Bonchev–Trinajstić information content (AvgIpc) is 3.46. The highest BCUT2D eigenvalue weighted by molar-refractivity contribution is 7.98. The van der Waals surface area contributed by atoms with Crippen molar-refractivity contribution in [3.8, 4) is 0 Å². The number of nitrogens with zero attached hydrogens (tertiary/aromatic N) is 2. The molecule has 1 aromatic carbocycles. The van der Waals surface area contributed by atoms with Gasteiger partial charge in [0.2, 0.25) is 11.8 Å². The molecule has 8 rings (SSSR count). The fourth-order valence-corrected chi connectivity index (χ4v) is 9.89. The third-order valence-corrected chi connectivity index (χ3v) is 11.5. The lowest BCUT2D eigenvalue weighted by molar-refractivity contribution is -0.136. The first kappa shape index (κ1) is 24.7. The molecule has 1 atom stereocenters. The Balaban J connectivity index is 1.01. The molecule has 200 valence electrons. The van der Waals surface area contributed by atoms with Gasteiger partial charge in [0.15, 0.2) is 0 Å². The van der Waals surface area contributed by atoms with E-state index in [0.717, 1.165) is 35.0 Å². The van der Waals surface area contributed by atoms with E-state index in [9.17, 15) is 18.8 Å². The Morgan fingerprint density at radius 2 is 1.87 bits per heavy atom. The molecule has 7 nitrogen and oxygen atoms in total. The Morgan fingerprint density at radius 3 is 2.58 bits per heavy atom. The minimum Gasteiger partial charge on any atom is -0.322 e. The SMILES string of the molecule is O=C1CCC(N2Cc3c(ccc(F)c3SCc3nc(CNC45CC6CC(CC(C6)C4)C5)cs3)C2=O)C(=O)N1. The summed E-state index contributed by atoms with van der Waals surface area (Å²) in [6, 6.07) is 2.12. The van der Waals surface area contributed by atoms with Gasteiger partial charge in [-0.2, -0.15) is 0 Å². The van der Waals surface area contributed by atoms with E-state index in [4.69, 9.17) is 4.98 Å². The molecule has 2 aliphatic heterocycles. The molecule has 38 heavy (non-hydrogen) atoms. The van der Waals surface area contributed by atoms with Crippen LogP contribution in [-0.4, -0.2) is 39.2 Å². The van der Waals surface area contributed by atoms with E-state index >= 15 is 0 Å². The van der Waals surface area contributed by atoms with Crippen LogP contribution < -0.4 is 10.6 Å². The zero-order valence-corrected chi connectivity index (χ0v) is 22.8. The molecular formula is C28H31FN4O3S2. The number of thioether (sulfide) groups is 1. The first-order valence-electron chi connectivity index (χ1n) is 13.6. The van der Waals surface area contributed by atoms with E-state index in [-0.39, 0.29) is 37.0 Å². The molecule has 5 fully saturated rings. The van der Waals surface area contributed by atoms with E-state index < -0.39 is 11.9 Å². The van der Waals surface area contributed by atoms with Gasteiger partial charge in [0.25, 0.3) is 5.91 Å². The van der Waals surface area contributed by atoms with Crippen LogP contribution in [0.3, 0.4) is 0 Å². The minimum atomic E-state index is -0.712. The molecule has 1 unspecified atom stereocenters. The number of rotatable bonds is 7. The van der Waals surface area contributed by atoms with Gasteiger partial charge in [-0.05, 0) is 74.8 Å². The standard InChI is InChI=1S/C28H31FN4O3S2/c29-21-2-1-19-20(12-33(27(19)36)22-3-4-23(34)32-26(22)35)25(21)38-14-24-31-18(13-37-24)11-30-28-8-15-5-16(9-28)7-17(6-15)10-28/h1-2,13,15-17,22,30H,3-12,14H2,(H,32,34,35). The normalized spacial score (nSPS) is 31.7. The lowest BCUT2D eigenvalue weighted by atomic mass is 9.53. The van der Waals surface area contributed by atoms with Crippen LogP contribution in [0.2, 0.25) is 0 Å². The molecule has 4 saturated carbocycles. The van der Waals surface area contributed by atoms with Crippen LogP contribution in [0, 0.1) is 23.6 Å². The molecule has 3 amide bonds. The van der Waals surface area contributed by atoms with Gasteiger partial charge in [-0.1, -0.05) is 0 Å². The maximum absolute atomic E-state index is 15.0. The number of imide groups is 1. The molecule has 0 radical (unpaired) electrons. The quantitative estimate of drug-likeness (QED) is 0.390. The van der Waals surface area contributed by atoms with Crippen LogP contribution in [-0.2, 0) is 28.4 Å². The third kappa shape index (κ3) is 4.38. The van der Waals surface area contributed by atoms with Crippen molar-refractivity contribution < 1.29 is 18.8 Å². The fourth-order valence-electron chi connectivity index (χ4n) is 7.98. The topological polar surface area (TPSA) is 91.4 Å². The van der Waals surface area contributed by atoms with Crippen molar-refractivity contribution in [3.05, 3.63) is 45.2 Å². The molecule has 10 heteroatoms. The number of hydrogen-bond acceptors (Lipinski definition) is 7. The maximum Gasteiger partial charge on any atom is 0.255 e. The number of amides is 3. The van der Waals surface area contributed by atoms with Gasteiger partial charge in [0.1, 0.15) is 16.9 Å². The van der Waals surface area contributed by atoms with Crippen molar-refractivity contribution in [3.63, 3.8) is 0 Å². The van der Waals surface area contributed by atoms with Gasteiger partial charge < -0.3 is 10.2 Å². The number of aromatic nitrogens is 1. The Bertz CT molecular complexity index is 1290. The van der Waals surface area contributed by atoms with Crippen molar-refractivity contribution in [2.75, 3.05) is 0 Å². The number of piperidine rings is 1. The van der Waals surface area contributed by atoms with Gasteiger partial charge in [0, 0.05) is 46.5 Å².